The van der Waals surface area contributed by atoms with Gasteiger partial charge in [-0.1, -0.05) is 31.5 Å². The van der Waals surface area contributed by atoms with E-state index in [0.29, 0.717) is 6.54 Å². The number of aliphatic imine (C=N–C) groups is 1. The van der Waals surface area contributed by atoms with Crippen LogP contribution < -0.4 is 15.5 Å². The molecule has 138 valence electrons. The smallest absolute Gasteiger partial charge is 0.191 e. The van der Waals surface area contributed by atoms with Crippen molar-refractivity contribution in [3.8, 4) is 0 Å². The highest BCUT2D eigenvalue weighted by Crippen LogP contribution is 2.22. The van der Waals surface area contributed by atoms with E-state index in [-0.39, 0.29) is 24.0 Å². The molecule has 0 bridgehead atoms. The van der Waals surface area contributed by atoms with Crippen molar-refractivity contribution in [2.24, 2.45) is 4.99 Å². The van der Waals surface area contributed by atoms with Crippen LogP contribution in [0.2, 0.25) is 0 Å². The van der Waals surface area contributed by atoms with Gasteiger partial charge in [0.05, 0.1) is 12.1 Å². The van der Waals surface area contributed by atoms with Crippen LogP contribution in [-0.2, 0) is 6.54 Å². The molecule has 0 unspecified atom stereocenters. The standard InChI is InChI=1S/C19H29N5.HI/c1-5-7-12-21-19(20-6-2)22-14-15-13-18(24(3)4)23-17-11-9-8-10-16(15)17;/h8-11,13H,5-7,12,14H2,1-4H3,(H2,20,21,22);1H. The number of halogens is 1. The van der Waals surface area contributed by atoms with Crippen LogP contribution in [0.25, 0.3) is 10.9 Å². The van der Waals surface area contributed by atoms with Crippen LogP contribution in [-0.4, -0.2) is 38.1 Å². The quantitative estimate of drug-likeness (QED) is 0.289. The number of hydrogen-bond donors (Lipinski definition) is 2. The highest BCUT2D eigenvalue weighted by atomic mass is 127. The Bertz CT molecular complexity index is 685. The molecule has 0 fully saturated rings. The maximum Gasteiger partial charge on any atom is 0.191 e. The van der Waals surface area contributed by atoms with E-state index < -0.39 is 0 Å². The molecule has 2 rings (SSSR count). The van der Waals surface area contributed by atoms with Crippen LogP contribution in [0.15, 0.2) is 35.3 Å². The minimum absolute atomic E-state index is 0. The molecule has 1 aromatic carbocycles. The lowest BCUT2D eigenvalue weighted by Gasteiger charge is -2.15. The van der Waals surface area contributed by atoms with Crippen molar-refractivity contribution in [2.45, 2.75) is 33.2 Å². The molecule has 0 aliphatic rings. The molecule has 2 aromatic rings. The van der Waals surface area contributed by atoms with E-state index in [1.165, 1.54) is 12.0 Å². The maximum absolute atomic E-state index is 4.75. The number of anilines is 1. The Morgan fingerprint density at radius 2 is 1.92 bits per heavy atom. The van der Waals surface area contributed by atoms with Gasteiger partial charge >= 0.3 is 0 Å². The van der Waals surface area contributed by atoms with E-state index in [0.717, 1.165) is 42.2 Å². The zero-order valence-corrected chi connectivity index (χ0v) is 18.0. The first-order chi connectivity index (χ1) is 11.7. The second-order valence-corrected chi connectivity index (χ2v) is 6.03. The van der Waals surface area contributed by atoms with E-state index in [1.807, 2.05) is 25.1 Å². The molecule has 1 aromatic heterocycles. The molecule has 0 spiro atoms. The van der Waals surface area contributed by atoms with E-state index in [9.17, 15) is 0 Å². The molecular weight excluding hydrogens is 425 g/mol. The maximum atomic E-state index is 4.75. The number of unbranched alkanes of at least 4 members (excludes halogenated alkanes) is 1. The summed E-state index contributed by atoms with van der Waals surface area (Å²) < 4.78 is 0. The van der Waals surface area contributed by atoms with Crippen LogP contribution in [0, 0.1) is 0 Å². The number of nitrogens with zero attached hydrogens (tertiary/aromatic N) is 3. The van der Waals surface area contributed by atoms with Gasteiger partial charge in [-0.3, -0.25) is 0 Å². The average molecular weight is 455 g/mol. The summed E-state index contributed by atoms with van der Waals surface area (Å²) in [6.45, 7) is 6.71. The third-order valence-corrected chi connectivity index (χ3v) is 3.82. The van der Waals surface area contributed by atoms with Crippen molar-refractivity contribution >= 4 is 46.7 Å². The van der Waals surface area contributed by atoms with Crippen molar-refractivity contribution in [3.63, 3.8) is 0 Å². The Morgan fingerprint density at radius 1 is 1.16 bits per heavy atom. The summed E-state index contributed by atoms with van der Waals surface area (Å²) in [4.78, 5) is 11.5. The number of nitrogens with one attached hydrogen (secondary N) is 2. The first-order valence-electron chi connectivity index (χ1n) is 8.73. The molecule has 25 heavy (non-hydrogen) atoms. The number of rotatable bonds is 7. The molecular formula is C19H30IN5. The summed E-state index contributed by atoms with van der Waals surface area (Å²) in [7, 11) is 4.03. The fourth-order valence-electron chi connectivity index (χ4n) is 2.48. The summed E-state index contributed by atoms with van der Waals surface area (Å²) in [6.07, 6.45) is 2.32. The van der Waals surface area contributed by atoms with Crippen LogP contribution >= 0.6 is 24.0 Å². The summed E-state index contributed by atoms with van der Waals surface area (Å²) in [5.41, 5.74) is 2.20. The van der Waals surface area contributed by atoms with Crippen LogP contribution in [0.5, 0.6) is 0 Å². The van der Waals surface area contributed by atoms with Crippen molar-refractivity contribution < 1.29 is 0 Å². The molecule has 0 saturated heterocycles. The van der Waals surface area contributed by atoms with Crippen LogP contribution in [0.4, 0.5) is 5.82 Å². The lowest BCUT2D eigenvalue weighted by molar-refractivity contribution is 0.730. The first kappa shape index (κ1) is 21.5. The van der Waals surface area contributed by atoms with E-state index in [2.05, 4.69) is 48.7 Å². The zero-order valence-electron chi connectivity index (χ0n) is 15.7. The number of pyridine rings is 1. The van der Waals surface area contributed by atoms with Gasteiger partial charge < -0.3 is 15.5 Å². The van der Waals surface area contributed by atoms with Gasteiger partial charge in [-0.05, 0) is 31.0 Å². The number of hydrogen-bond acceptors (Lipinski definition) is 3. The second kappa shape index (κ2) is 11.1. The summed E-state index contributed by atoms with van der Waals surface area (Å²) >= 11 is 0. The molecule has 0 aliphatic carbocycles. The minimum Gasteiger partial charge on any atom is -0.363 e. The Balaban J connectivity index is 0.00000312. The zero-order chi connectivity index (χ0) is 17.4. The molecule has 0 saturated carbocycles. The van der Waals surface area contributed by atoms with Gasteiger partial charge in [0.15, 0.2) is 5.96 Å². The molecule has 0 radical (unpaired) electrons. The Labute approximate surface area is 168 Å². The summed E-state index contributed by atoms with van der Waals surface area (Å²) in [5.74, 6) is 1.83. The van der Waals surface area contributed by atoms with Gasteiger partial charge in [0.1, 0.15) is 5.82 Å². The highest BCUT2D eigenvalue weighted by molar-refractivity contribution is 14.0. The fraction of sp³-hybridized carbons (Fsp3) is 0.474. The van der Waals surface area contributed by atoms with Crippen molar-refractivity contribution in [1.29, 1.82) is 0 Å². The largest absolute Gasteiger partial charge is 0.363 e. The van der Waals surface area contributed by atoms with E-state index in [1.54, 1.807) is 0 Å². The molecule has 0 aliphatic heterocycles. The monoisotopic (exact) mass is 455 g/mol. The number of guanidine groups is 1. The van der Waals surface area contributed by atoms with Gasteiger partial charge in [0.2, 0.25) is 0 Å². The van der Waals surface area contributed by atoms with E-state index >= 15 is 0 Å². The molecule has 1 heterocycles. The van der Waals surface area contributed by atoms with Gasteiger partial charge in [-0.2, -0.15) is 0 Å². The number of para-hydroxylation sites is 1. The third kappa shape index (κ3) is 6.34. The Morgan fingerprint density at radius 3 is 2.60 bits per heavy atom. The summed E-state index contributed by atoms with van der Waals surface area (Å²) in [5, 5.41) is 7.86. The van der Waals surface area contributed by atoms with Gasteiger partial charge in [-0.25, -0.2) is 9.98 Å². The second-order valence-electron chi connectivity index (χ2n) is 6.03. The normalized spacial score (nSPS) is 11.1. The number of fused-ring (bicyclic) bond motifs is 1. The predicted molar refractivity (Wildman–Crippen MR) is 119 cm³/mol. The van der Waals surface area contributed by atoms with Crippen molar-refractivity contribution in [3.05, 3.63) is 35.9 Å². The lowest BCUT2D eigenvalue weighted by atomic mass is 10.1. The van der Waals surface area contributed by atoms with Crippen LogP contribution in [0.1, 0.15) is 32.3 Å². The number of benzene rings is 1. The third-order valence-electron chi connectivity index (χ3n) is 3.82. The Kier molecular flexibility index (Phi) is 9.55. The number of aromatic nitrogens is 1. The first-order valence-corrected chi connectivity index (χ1v) is 8.73. The molecule has 6 heteroatoms. The van der Waals surface area contributed by atoms with Gasteiger partial charge in [0, 0.05) is 32.6 Å². The molecule has 0 amide bonds. The van der Waals surface area contributed by atoms with Gasteiger partial charge in [0.25, 0.3) is 0 Å². The minimum atomic E-state index is 0. The van der Waals surface area contributed by atoms with Gasteiger partial charge in [-0.15, -0.1) is 24.0 Å². The SMILES string of the molecule is CCCCNC(=NCc1cc(N(C)C)nc2ccccc12)NCC.I. The molecule has 5 nitrogen and oxygen atoms in total. The predicted octanol–water partition coefficient (Wildman–Crippen LogP) is 3.77. The van der Waals surface area contributed by atoms with E-state index in [4.69, 9.17) is 9.98 Å². The molecule has 2 N–H and O–H groups in total. The van der Waals surface area contributed by atoms with Crippen molar-refractivity contribution in [2.75, 3.05) is 32.1 Å². The van der Waals surface area contributed by atoms with Crippen molar-refractivity contribution in [1.82, 2.24) is 15.6 Å². The fourth-order valence-corrected chi connectivity index (χ4v) is 2.48. The highest BCUT2D eigenvalue weighted by Gasteiger charge is 2.07. The topological polar surface area (TPSA) is 52.6 Å². The Hall–Kier alpha value is -1.57. The average Bonchev–Trinajstić information content (AvgIpc) is 2.59. The molecule has 0 atom stereocenters. The van der Waals surface area contributed by atoms with Crippen LogP contribution in [0.3, 0.4) is 0 Å². The lowest BCUT2D eigenvalue weighted by Crippen LogP contribution is -2.37. The summed E-state index contributed by atoms with van der Waals surface area (Å²) in [6, 6.07) is 10.4.